The molecule has 0 saturated carbocycles. The van der Waals surface area contributed by atoms with Crippen molar-refractivity contribution in [2.24, 2.45) is 0 Å². The van der Waals surface area contributed by atoms with E-state index in [9.17, 15) is 9.59 Å². The molecule has 33 heavy (non-hydrogen) atoms. The highest BCUT2D eigenvalue weighted by molar-refractivity contribution is 7.15. The molecule has 0 saturated heterocycles. The van der Waals surface area contributed by atoms with Crippen LogP contribution in [-0.4, -0.2) is 18.5 Å². The van der Waals surface area contributed by atoms with E-state index in [0.29, 0.717) is 17.2 Å². The number of nitrogens with one attached hydrogen (secondary N) is 1. The molecule has 0 atom stereocenters. The number of thiophene rings is 1. The van der Waals surface area contributed by atoms with Gasteiger partial charge in [0.1, 0.15) is 10.6 Å². The van der Waals surface area contributed by atoms with Crippen LogP contribution >= 0.6 is 11.3 Å². The molecule has 0 spiro atoms. The molecule has 1 aromatic heterocycles. The molecule has 3 aromatic carbocycles. The summed E-state index contributed by atoms with van der Waals surface area (Å²) < 4.78 is 5.45. The van der Waals surface area contributed by atoms with Gasteiger partial charge in [0.2, 0.25) is 5.91 Å². The number of hydrogen-bond acceptors (Lipinski definition) is 4. The van der Waals surface area contributed by atoms with E-state index in [1.807, 2.05) is 85.1 Å². The number of esters is 1. The van der Waals surface area contributed by atoms with Crippen LogP contribution in [0, 0.1) is 0 Å². The van der Waals surface area contributed by atoms with Crippen LogP contribution < -0.4 is 5.32 Å². The predicted molar refractivity (Wildman–Crippen MR) is 135 cm³/mol. The molecule has 4 rings (SSSR count). The molecule has 0 aliphatic carbocycles. The Kier molecular flexibility index (Phi) is 7.33. The van der Waals surface area contributed by atoms with Gasteiger partial charge in [-0.05, 0) is 28.7 Å². The summed E-state index contributed by atoms with van der Waals surface area (Å²) in [5.74, 6) is -0.589. The van der Waals surface area contributed by atoms with Crippen LogP contribution in [0.4, 0.5) is 5.00 Å². The molecule has 4 nitrogen and oxygen atoms in total. The van der Waals surface area contributed by atoms with Gasteiger partial charge in [0, 0.05) is 10.9 Å². The van der Waals surface area contributed by atoms with E-state index in [0.717, 1.165) is 34.2 Å². The van der Waals surface area contributed by atoms with Gasteiger partial charge in [-0.25, -0.2) is 4.79 Å². The van der Waals surface area contributed by atoms with Crippen molar-refractivity contribution < 1.29 is 14.3 Å². The van der Waals surface area contributed by atoms with Crippen LogP contribution in [0.15, 0.2) is 90.3 Å². The second kappa shape index (κ2) is 10.7. The third kappa shape index (κ3) is 5.57. The lowest BCUT2D eigenvalue weighted by Gasteiger charge is -2.10. The van der Waals surface area contributed by atoms with E-state index in [1.54, 1.807) is 0 Å². The topological polar surface area (TPSA) is 55.4 Å². The molecule has 1 heterocycles. The summed E-state index contributed by atoms with van der Waals surface area (Å²) in [6.07, 6.45) is 0.968. The molecule has 0 radical (unpaired) electrons. The van der Waals surface area contributed by atoms with Crippen LogP contribution in [-0.2, 0) is 16.0 Å². The number of carbonyl (C=O) groups excluding carboxylic acids is 2. The van der Waals surface area contributed by atoms with E-state index in [2.05, 4.69) is 17.4 Å². The number of anilines is 1. The Hall–Kier alpha value is -3.70. The number of rotatable bonds is 8. The number of amides is 1. The molecule has 4 aromatic rings. The van der Waals surface area contributed by atoms with E-state index in [1.165, 1.54) is 11.3 Å². The van der Waals surface area contributed by atoms with Crippen molar-refractivity contribution in [2.45, 2.75) is 19.8 Å². The zero-order chi connectivity index (χ0) is 23.0. The molecule has 1 N–H and O–H groups in total. The molecule has 0 unspecified atom stereocenters. The molecule has 0 aliphatic rings. The first-order valence-corrected chi connectivity index (χ1v) is 11.8. The molecule has 0 bridgehead atoms. The minimum absolute atomic E-state index is 0.168. The van der Waals surface area contributed by atoms with Gasteiger partial charge >= 0.3 is 5.97 Å². The SMILES string of the molecule is CCCOC(=O)c1c(-c2ccc(-c3ccccc3)cc2)csc1NC(=O)Cc1ccccc1. The van der Waals surface area contributed by atoms with E-state index in [-0.39, 0.29) is 12.3 Å². The first-order chi connectivity index (χ1) is 16.2. The monoisotopic (exact) mass is 455 g/mol. The minimum atomic E-state index is -0.421. The Labute approximate surface area is 197 Å². The number of benzene rings is 3. The fraction of sp³-hybridized carbons (Fsp3) is 0.143. The van der Waals surface area contributed by atoms with Gasteiger partial charge in [-0.2, -0.15) is 0 Å². The van der Waals surface area contributed by atoms with Crippen molar-refractivity contribution in [3.05, 3.63) is 101 Å². The Balaban J connectivity index is 1.61. The predicted octanol–water partition coefficient (Wildman–Crippen LogP) is 6.83. The van der Waals surface area contributed by atoms with Crippen LogP contribution in [0.3, 0.4) is 0 Å². The third-order valence-electron chi connectivity index (χ3n) is 5.20. The smallest absolute Gasteiger partial charge is 0.341 e. The summed E-state index contributed by atoms with van der Waals surface area (Å²) >= 11 is 1.34. The van der Waals surface area contributed by atoms with Crippen molar-refractivity contribution in [1.82, 2.24) is 0 Å². The number of carbonyl (C=O) groups is 2. The summed E-state index contributed by atoms with van der Waals surface area (Å²) in [6.45, 7) is 2.28. The molecule has 5 heteroatoms. The second-order valence-electron chi connectivity index (χ2n) is 7.64. The summed E-state index contributed by atoms with van der Waals surface area (Å²) in [5, 5.41) is 5.34. The van der Waals surface area contributed by atoms with E-state index < -0.39 is 5.97 Å². The average molecular weight is 456 g/mol. The van der Waals surface area contributed by atoms with Gasteiger partial charge in [0.15, 0.2) is 0 Å². The summed E-state index contributed by atoms with van der Waals surface area (Å²) in [6, 6.07) is 27.7. The second-order valence-corrected chi connectivity index (χ2v) is 8.52. The standard InChI is InChI=1S/C28H25NO3S/c1-2-17-32-28(31)26-24(23-15-13-22(14-16-23)21-11-7-4-8-12-21)19-33-27(26)29-25(30)18-20-9-5-3-6-10-20/h3-16,19H,2,17-18H2,1H3,(H,29,30). The van der Waals surface area contributed by atoms with Gasteiger partial charge < -0.3 is 10.1 Å². The van der Waals surface area contributed by atoms with Gasteiger partial charge in [-0.3, -0.25) is 4.79 Å². The highest BCUT2D eigenvalue weighted by Crippen LogP contribution is 2.37. The molecule has 166 valence electrons. The van der Waals surface area contributed by atoms with Gasteiger partial charge in [-0.1, -0.05) is 91.9 Å². The van der Waals surface area contributed by atoms with Crippen molar-refractivity contribution in [2.75, 3.05) is 11.9 Å². The van der Waals surface area contributed by atoms with Crippen molar-refractivity contribution >= 4 is 28.2 Å². The first-order valence-electron chi connectivity index (χ1n) is 10.9. The van der Waals surface area contributed by atoms with Crippen LogP contribution in [0.1, 0.15) is 29.3 Å². The van der Waals surface area contributed by atoms with Crippen LogP contribution in [0.25, 0.3) is 22.3 Å². The molecule has 0 fully saturated rings. The average Bonchev–Trinajstić information content (AvgIpc) is 3.27. The van der Waals surface area contributed by atoms with E-state index >= 15 is 0 Å². The molecule has 0 aliphatic heterocycles. The maximum absolute atomic E-state index is 12.9. The lowest BCUT2D eigenvalue weighted by molar-refractivity contribution is -0.115. The third-order valence-corrected chi connectivity index (χ3v) is 6.09. The Morgan fingerprint density at radius 2 is 1.42 bits per heavy atom. The normalized spacial score (nSPS) is 10.6. The van der Waals surface area contributed by atoms with Crippen molar-refractivity contribution in [1.29, 1.82) is 0 Å². The highest BCUT2D eigenvalue weighted by atomic mass is 32.1. The van der Waals surface area contributed by atoms with Crippen molar-refractivity contribution in [3.8, 4) is 22.3 Å². The quantitative estimate of drug-likeness (QED) is 0.296. The van der Waals surface area contributed by atoms with Crippen molar-refractivity contribution in [3.63, 3.8) is 0 Å². The molecular weight excluding hydrogens is 430 g/mol. The van der Waals surface area contributed by atoms with E-state index in [4.69, 9.17) is 4.74 Å². The number of hydrogen-bond donors (Lipinski definition) is 1. The minimum Gasteiger partial charge on any atom is -0.462 e. The zero-order valence-electron chi connectivity index (χ0n) is 18.4. The Bertz CT molecular complexity index is 1220. The summed E-state index contributed by atoms with van der Waals surface area (Å²) in [5.41, 5.74) is 5.21. The van der Waals surface area contributed by atoms with Gasteiger partial charge in [0.25, 0.3) is 0 Å². The van der Waals surface area contributed by atoms with Gasteiger partial charge in [0.05, 0.1) is 13.0 Å². The molecule has 1 amide bonds. The highest BCUT2D eigenvalue weighted by Gasteiger charge is 2.23. The summed E-state index contributed by atoms with van der Waals surface area (Å²) in [4.78, 5) is 25.6. The fourth-order valence-electron chi connectivity index (χ4n) is 3.56. The fourth-order valence-corrected chi connectivity index (χ4v) is 4.53. The maximum atomic E-state index is 12.9. The Morgan fingerprint density at radius 3 is 2.09 bits per heavy atom. The van der Waals surface area contributed by atoms with Gasteiger partial charge in [-0.15, -0.1) is 11.3 Å². The first kappa shape index (κ1) is 22.5. The molecular formula is C28H25NO3S. The number of ether oxygens (including phenoxy) is 1. The lowest BCUT2D eigenvalue weighted by Crippen LogP contribution is -2.16. The zero-order valence-corrected chi connectivity index (χ0v) is 19.2. The summed E-state index contributed by atoms with van der Waals surface area (Å²) in [7, 11) is 0. The Morgan fingerprint density at radius 1 is 0.818 bits per heavy atom. The lowest BCUT2D eigenvalue weighted by atomic mass is 9.99. The van der Waals surface area contributed by atoms with Crippen LogP contribution in [0.5, 0.6) is 0 Å². The van der Waals surface area contributed by atoms with Crippen LogP contribution in [0.2, 0.25) is 0 Å². The largest absolute Gasteiger partial charge is 0.462 e. The maximum Gasteiger partial charge on any atom is 0.341 e.